The molecule has 1 heterocycles. The molecule has 41 heavy (non-hydrogen) atoms. The molecule has 10 nitrogen and oxygen atoms in total. The van der Waals surface area contributed by atoms with Crippen molar-refractivity contribution < 1.29 is 29.3 Å². The van der Waals surface area contributed by atoms with Gasteiger partial charge in [0.1, 0.15) is 17.2 Å². The molecular weight excluding hydrogens is 550 g/mol. The van der Waals surface area contributed by atoms with E-state index in [0.717, 1.165) is 10.8 Å². The highest BCUT2D eigenvalue weighted by Gasteiger charge is 2.22. The summed E-state index contributed by atoms with van der Waals surface area (Å²) in [5.74, 6) is -0.344. The summed E-state index contributed by atoms with van der Waals surface area (Å²) in [6.07, 6.45) is 1.04. The Hall–Kier alpha value is -4.70. The molecule has 0 spiro atoms. The van der Waals surface area contributed by atoms with E-state index in [9.17, 15) is 24.6 Å². The van der Waals surface area contributed by atoms with Crippen molar-refractivity contribution in [2.24, 2.45) is 0 Å². The van der Waals surface area contributed by atoms with Crippen LogP contribution in [-0.2, 0) is 11.3 Å². The van der Waals surface area contributed by atoms with Crippen LogP contribution in [-0.4, -0.2) is 40.5 Å². The van der Waals surface area contributed by atoms with Gasteiger partial charge in [-0.3, -0.25) is 9.59 Å². The summed E-state index contributed by atoms with van der Waals surface area (Å²) in [6.45, 7) is 3.83. The van der Waals surface area contributed by atoms with Crippen molar-refractivity contribution in [2.75, 3.05) is 19.0 Å². The maximum absolute atomic E-state index is 13.4. The molecule has 4 rings (SSSR count). The van der Waals surface area contributed by atoms with Crippen LogP contribution < -0.4 is 25.7 Å². The van der Waals surface area contributed by atoms with Crippen LogP contribution in [0.2, 0.25) is 5.02 Å². The van der Waals surface area contributed by atoms with Crippen molar-refractivity contribution in [1.82, 2.24) is 9.88 Å². The van der Waals surface area contributed by atoms with Crippen LogP contribution in [0, 0.1) is 6.92 Å². The van der Waals surface area contributed by atoms with Gasteiger partial charge in [0.15, 0.2) is 5.69 Å². The lowest BCUT2D eigenvalue weighted by Crippen LogP contribution is -2.36. The molecule has 3 aromatic carbocycles. The summed E-state index contributed by atoms with van der Waals surface area (Å²) in [5.41, 5.74) is 0.409. The summed E-state index contributed by atoms with van der Waals surface area (Å²) in [4.78, 5) is 38.1. The predicted molar refractivity (Wildman–Crippen MR) is 156 cm³/mol. The Balaban J connectivity index is 1.62. The van der Waals surface area contributed by atoms with Crippen LogP contribution >= 0.6 is 11.6 Å². The van der Waals surface area contributed by atoms with E-state index in [2.05, 4.69) is 10.6 Å². The van der Waals surface area contributed by atoms with Crippen molar-refractivity contribution in [3.8, 4) is 17.2 Å². The number of aryl methyl sites for hydroxylation is 1. The maximum atomic E-state index is 13.4. The molecule has 4 aromatic rings. The number of carbonyl (C=O) groups excluding carboxylic acids is 1. The van der Waals surface area contributed by atoms with Crippen molar-refractivity contribution in [2.45, 2.75) is 32.9 Å². The maximum Gasteiger partial charge on any atom is 0.319 e. The average molecular weight is 580 g/mol. The first-order valence-electron chi connectivity index (χ1n) is 12.8. The van der Waals surface area contributed by atoms with Gasteiger partial charge >= 0.3 is 12.0 Å². The minimum atomic E-state index is -1.13. The number of hydrogen-bond acceptors (Lipinski definition) is 6. The lowest BCUT2D eigenvalue weighted by Gasteiger charge is -2.20. The molecule has 0 aliphatic heterocycles. The number of rotatable bonds is 10. The summed E-state index contributed by atoms with van der Waals surface area (Å²) in [5, 5.41) is 27.3. The first-order chi connectivity index (χ1) is 19.6. The first kappa shape index (κ1) is 29.3. The van der Waals surface area contributed by atoms with Crippen LogP contribution in [0.4, 0.5) is 10.5 Å². The molecule has 1 unspecified atom stereocenters. The molecule has 0 aliphatic rings. The Morgan fingerprint density at radius 1 is 1.10 bits per heavy atom. The number of aliphatic carboxylic acids is 1. The molecule has 11 heteroatoms. The summed E-state index contributed by atoms with van der Waals surface area (Å²) in [7, 11) is 1.57. The largest absolute Gasteiger partial charge is 0.505 e. The van der Waals surface area contributed by atoms with Crippen LogP contribution in [0.1, 0.15) is 36.1 Å². The number of fused-ring (bicyclic) bond motifs is 1. The fourth-order valence-electron chi connectivity index (χ4n) is 4.50. The number of carbonyl (C=O) groups is 2. The van der Waals surface area contributed by atoms with Crippen LogP contribution in [0.15, 0.2) is 65.6 Å². The van der Waals surface area contributed by atoms with Crippen molar-refractivity contribution in [3.05, 3.63) is 92.9 Å². The number of carboxylic acids is 1. The van der Waals surface area contributed by atoms with E-state index < -0.39 is 35.8 Å². The third-order valence-corrected chi connectivity index (χ3v) is 6.89. The van der Waals surface area contributed by atoms with Gasteiger partial charge < -0.3 is 34.9 Å². The molecule has 1 aromatic heterocycles. The number of nitrogens with one attached hydrogen (secondary N) is 2. The van der Waals surface area contributed by atoms with Gasteiger partial charge in [-0.1, -0.05) is 35.9 Å². The van der Waals surface area contributed by atoms with Crippen molar-refractivity contribution >= 4 is 40.1 Å². The number of amides is 2. The van der Waals surface area contributed by atoms with Gasteiger partial charge in [0.25, 0.3) is 5.56 Å². The van der Waals surface area contributed by atoms with E-state index in [1.165, 1.54) is 10.8 Å². The summed E-state index contributed by atoms with van der Waals surface area (Å²) < 4.78 is 12.2. The van der Waals surface area contributed by atoms with Gasteiger partial charge in [-0.15, -0.1) is 0 Å². The minimum absolute atomic E-state index is 0.0226. The second kappa shape index (κ2) is 12.6. The second-order valence-corrected chi connectivity index (χ2v) is 9.75. The Labute approximate surface area is 241 Å². The van der Waals surface area contributed by atoms with Gasteiger partial charge in [-0.25, -0.2) is 4.79 Å². The highest BCUT2D eigenvalue weighted by Crippen LogP contribution is 2.30. The number of anilines is 1. The highest BCUT2D eigenvalue weighted by molar-refractivity contribution is 6.31. The van der Waals surface area contributed by atoms with Gasteiger partial charge in [0.05, 0.1) is 32.7 Å². The first-order valence-corrected chi connectivity index (χ1v) is 13.2. The Bertz CT molecular complexity index is 1670. The van der Waals surface area contributed by atoms with Crippen molar-refractivity contribution in [1.29, 1.82) is 0 Å². The van der Waals surface area contributed by atoms with E-state index in [4.69, 9.17) is 21.1 Å². The van der Waals surface area contributed by atoms with E-state index in [1.807, 2.05) is 19.1 Å². The van der Waals surface area contributed by atoms with Gasteiger partial charge in [-0.2, -0.15) is 0 Å². The minimum Gasteiger partial charge on any atom is -0.505 e. The second-order valence-electron chi connectivity index (χ2n) is 9.34. The molecule has 4 N–H and O–H groups in total. The fraction of sp³-hybridized carbons (Fsp3) is 0.233. The lowest BCUT2D eigenvalue weighted by molar-refractivity contribution is -0.137. The molecule has 0 radical (unpaired) electrons. The number of methoxy groups -OCH3 is 1. The van der Waals surface area contributed by atoms with Gasteiger partial charge in [-0.05, 0) is 60.5 Å². The van der Waals surface area contributed by atoms with Crippen molar-refractivity contribution in [3.63, 3.8) is 0 Å². The molecule has 214 valence electrons. The van der Waals surface area contributed by atoms with Gasteiger partial charge in [0.2, 0.25) is 0 Å². The Kier molecular flexibility index (Phi) is 9.04. The van der Waals surface area contributed by atoms with Crippen LogP contribution in [0.5, 0.6) is 17.2 Å². The fourth-order valence-corrected chi connectivity index (χ4v) is 4.73. The summed E-state index contributed by atoms with van der Waals surface area (Å²) in [6, 6.07) is 14.1. The molecular formula is C30H30ClN3O7. The van der Waals surface area contributed by atoms with E-state index in [1.54, 1.807) is 56.5 Å². The molecule has 1 atom stereocenters. The number of urea groups is 1. The number of ether oxygens (including phenoxy) is 2. The summed E-state index contributed by atoms with van der Waals surface area (Å²) >= 11 is 6.39. The zero-order valence-electron chi connectivity index (χ0n) is 22.7. The molecule has 0 fully saturated rings. The lowest BCUT2D eigenvalue weighted by atomic mass is 9.99. The van der Waals surface area contributed by atoms with E-state index in [-0.39, 0.29) is 12.2 Å². The third-order valence-electron chi connectivity index (χ3n) is 6.54. The number of carboxylic acid groups (broad SMARTS) is 1. The predicted octanol–water partition coefficient (Wildman–Crippen LogP) is 5.46. The standard InChI is InChI=1S/C30H30ClN3O7/c1-4-41-25-7-5-6-23(31)22(25)16-34-15-17(2)28(37)27(29(34)38)33-30(39)32-24(14-26(35)36)20-9-8-19-13-21(40-3)11-10-18(19)12-20/h5-13,15,24,37H,4,14,16H2,1-3H3,(H,35,36)(H2,32,33,39). The highest BCUT2D eigenvalue weighted by atomic mass is 35.5. The van der Waals surface area contributed by atoms with Crippen LogP contribution in [0.3, 0.4) is 0 Å². The number of nitrogens with zero attached hydrogens (tertiary/aromatic N) is 1. The smallest absolute Gasteiger partial charge is 0.319 e. The van der Waals surface area contributed by atoms with Gasteiger partial charge in [0, 0.05) is 22.3 Å². The zero-order valence-corrected chi connectivity index (χ0v) is 23.5. The molecule has 0 aliphatic carbocycles. The average Bonchev–Trinajstić information content (AvgIpc) is 2.94. The number of pyridine rings is 1. The number of aromatic hydroxyl groups is 1. The van der Waals surface area contributed by atoms with E-state index >= 15 is 0 Å². The zero-order chi connectivity index (χ0) is 29.7. The molecule has 2 amide bonds. The molecule has 0 saturated heterocycles. The topological polar surface area (TPSA) is 139 Å². The molecule has 0 saturated carbocycles. The quantitative estimate of drug-likeness (QED) is 0.195. The third kappa shape index (κ3) is 6.72. The SMILES string of the molecule is CCOc1cccc(Cl)c1Cn1cc(C)c(O)c(NC(=O)NC(CC(=O)O)c2ccc3cc(OC)ccc3c2)c1=O. The Morgan fingerprint density at radius 3 is 2.54 bits per heavy atom. The number of aromatic nitrogens is 1. The monoisotopic (exact) mass is 579 g/mol. The number of halogens is 1. The van der Waals surface area contributed by atoms with E-state index in [0.29, 0.717) is 39.8 Å². The number of benzene rings is 3. The Morgan fingerprint density at radius 2 is 1.83 bits per heavy atom. The van der Waals surface area contributed by atoms with Crippen LogP contribution in [0.25, 0.3) is 10.8 Å². The molecule has 0 bridgehead atoms. The number of hydrogen-bond donors (Lipinski definition) is 4. The normalized spacial score (nSPS) is 11.6.